The van der Waals surface area contributed by atoms with Gasteiger partial charge in [-0.2, -0.15) is 0 Å². The Morgan fingerprint density at radius 2 is 2.26 bits per heavy atom. The van der Waals surface area contributed by atoms with Crippen molar-refractivity contribution in [3.63, 3.8) is 0 Å². The lowest BCUT2D eigenvalue weighted by atomic mass is 10.4. The number of rotatable bonds is 5. The van der Waals surface area contributed by atoms with Crippen LogP contribution in [0.4, 0.5) is 5.82 Å². The summed E-state index contributed by atoms with van der Waals surface area (Å²) >= 11 is 0. The lowest BCUT2D eigenvalue weighted by Gasteiger charge is -2.01. The first-order chi connectivity index (χ1) is 9.24. The third-order valence-electron chi connectivity index (χ3n) is 1.98. The van der Waals surface area contributed by atoms with Crippen LogP contribution in [0, 0.1) is 0 Å². The lowest BCUT2D eigenvalue weighted by molar-refractivity contribution is -0.142. The Labute approximate surface area is 107 Å². The van der Waals surface area contributed by atoms with Gasteiger partial charge in [0.05, 0.1) is 6.26 Å². The van der Waals surface area contributed by atoms with Crippen LogP contribution in [0.5, 0.6) is 0 Å². The number of furan rings is 1. The van der Waals surface area contributed by atoms with E-state index in [0.29, 0.717) is 5.76 Å². The molecule has 1 amide bonds. The summed E-state index contributed by atoms with van der Waals surface area (Å²) in [5, 5.41) is 5.86. The van der Waals surface area contributed by atoms with Gasteiger partial charge in [0.1, 0.15) is 12.0 Å². The van der Waals surface area contributed by atoms with Crippen LogP contribution in [0.3, 0.4) is 0 Å². The van der Waals surface area contributed by atoms with E-state index < -0.39 is 18.5 Å². The lowest BCUT2D eigenvalue weighted by Crippen LogP contribution is -2.20. The number of nitrogens with zero attached hydrogens (tertiary/aromatic N) is 1. The summed E-state index contributed by atoms with van der Waals surface area (Å²) in [6, 6.07) is 4.84. The molecule has 0 atom stereocenters. The van der Waals surface area contributed by atoms with Crippen molar-refractivity contribution in [1.82, 2.24) is 5.16 Å². The predicted octanol–water partition coefficient (Wildman–Crippen LogP) is 1.46. The van der Waals surface area contributed by atoms with Crippen molar-refractivity contribution in [2.75, 3.05) is 11.9 Å². The number of hydrogen-bond acceptors (Lipinski definition) is 6. The van der Waals surface area contributed by atoms with Crippen molar-refractivity contribution >= 4 is 23.8 Å². The molecule has 2 heterocycles. The van der Waals surface area contributed by atoms with E-state index in [9.17, 15) is 9.59 Å². The highest BCUT2D eigenvalue weighted by molar-refractivity contribution is 5.93. The molecule has 2 aromatic rings. The van der Waals surface area contributed by atoms with Gasteiger partial charge < -0.3 is 19.0 Å². The first-order valence-corrected chi connectivity index (χ1v) is 5.32. The van der Waals surface area contributed by atoms with Crippen LogP contribution in [0.15, 0.2) is 45.7 Å². The number of nitrogens with one attached hydrogen (secondary N) is 1. The van der Waals surface area contributed by atoms with Crippen molar-refractivity contribution in [2.24, 2.45) is 0 Å². The average molecular weight is 262 g/mol. The molecule has 0 unspecified atom stereocenters. The number of amides is 1. The van der Waals surface area contributed by atoms with Crippen LogP contribution < -0.4 is 5.32 Å². The van der Waals surface area contributed by atoms with E-state index in [2.05, 4.69) is 15.0 Å². The van der Waals surface area contributed by atoms with Gasteiger partial charge in [0.25, 0.3) is 5.91 Å². The molecule has 0 saturated carbocycles. The number of carbonyl (C=O) groups is 2. The van der Waals surface area contributed by atoms with Crippen molar-refractivity contribution in [3.05, 3.63) is 42.6 Å². The van der Waals surface area contributed by atoms with E-state index in [4.69, 9.17) is 9.15 Å². The second-order valence-corrected chi connectivity index (χ2v) is 3.39. The van der Waals surface area contributed by atoms with Gasteiger partial charge in [0.15, 0.2) is 12.4 Å². The molecular formula is C12H10N2O5. The topological polar surface area (TPSA) is 94.6 Å². The fraction of sp³-hybridized carbons (Fsp3) is 0.0833. The van der Waals surface area contributed by atoms with E-state index in [0.717, 1.165) is 0 Å². The number of aromatic nitrogens is 1. The Balaban J connectivity index is 1.73. The molecule has 0 fully saturated rings. The summed E-state index contributed by atoms with van der Waals surface area (Å²) in [5.74, 6) is -0.378. The van der Waals surface area contributed by atoms with Gasteiger partial charge in [-0.05, 0) is 18.2 Å². The molecule has 0 bridgehead atoms. The van der Waals surface area contributed by atoms with Gasteiger partial charge in [0.2, 0.25) is 0 Å². The zero-order valence-corrected chi connectivity index (χ0v) is 9.74. The third-order valence-corrected chi connectivity index (χ3v) is 1.98. The second-order valence-electron chi connectivity index (χ2n) is 3.39. The van der Waals surface area contributed by atoms with Crippen molar-refractivity contribution in [1.29, 1.82) is 0 Å². The van der Waals surface area contributed by atoms with Crippen LogP contribution in [0.1, 0.15) is 5.76 Å². The normalized spacial score (nSPS) is 10.5. The van der Waals surface area contributed by atoms with E-state index in [-0.39, 0.29) is 5.82 Å². The molecule has 0 aromatic carbocycles. The molecule has 0 radical (unpaired) electrons. The molecule has 7 nitrogen and oxygen atoms in total. The molecule has 7 heteroatoms. The summed E-state index contributed by atoms with van der Waals surface area (Å²) in [5.41, 5.74) is 0. The summed E-state index contributed by atoms with van der Waals surface area (Å²) in [7, 11) is 0. The minimum Gasteiger partial charge on any atom is -0.465 e. The number of esters is 1. The van der Waals surface area contributed by atoms with Crippen molar-refractivity contribution in [3.8, 4) is 0 Å². The molecule has 1 N–H and O–H groups in total. The maximum absolute atomic E-state index is 11.3. The molecular weight excluding hydrogens is 252 g/mol. The number of hydrogen-bond donors (Lipinski definition) is 1. The SMILES string of the molecule is O=C(COC(=O)/C=C/c1ccco1)Nc1ccon1. The zero-order chi connectivity index (χ0) is 13.5. The van der Waals surface area contributed by atoms with Gasteiger partial charge in [-0.15, -0.1) is 0 Å². The van der Waals surface area contributed by atoms with E-state index in [1.165, 1.54) is 30.7 Å². The van der Waals surface area contributed by atoms with Gasteiger partial charge >= 0.3 is 5.97 Å². The second kappa shape index (κ2) is 6.20. The van der Waals surface area contributed by atoms with Crippen LogP contribution >= 0.6 is 0 Å². The van der Waals surface area contributed by atoms with Gasteiger partial charge in [-0.3, -0.25) is 4.79 Å². The first-order valence-electron chi connectivity index (χ1n) is 5.32. The molecule has 0 spiro atoms. The standard InChI is InChI=1S/C12H10N2O5/c15-11(13-10-5-7-19-14-10)8-18-12(16)4-3-9-2-1-6-17-9/h1-7H,8H2,(H,13,14,15)/b4-3+. The molecule has 0 aliphatic heterocycles. The third kappa shape index (κ3) is 4.15. The molecule has 98 valence electrons. The van der Waals surface area contributed by atoms with Crippen molar-refractivity contribution < 1.29 is 23.3 Å². The summed E-state index contributed by atoms with van der Waals surface area (Å²) in [6.45, 7) is -0.409. The van der Waals surface area contributed by atoms with E-state index >= 15 is 0 Å². The highest BCUT2D eigenvalue weighted by Crippen LogP contribution is 2.03. The van der Waals surface area contributed by atoms with Crippen LogP contribution in [0.25, 0.3) is 6.08 Å². The van der Waals surface area contributed by atoms with Crippen molar-refractivity contribution in [2.45, 2.75) is 0 Å². The smallest absolute Gasteiger partial charge is 0.331 e. The summed E-state index contributed by atoms with van der Waals surface area (Å²) in [6.07, 6.45) is 5.41. The summed E-state index contributed by atoms with van der Waals surface area (Å²) in [4.78, 5) is 22.6. The number of anilines is 1. The minimum atomic E-state index is -0.647. The first kappa shape index (κ1) is 12.6. The Kier molecular flexibility index (Phi) is 4.12. The maximum Gasteiger partial charge on any atom is 0.331 e. The van der Waals surface area contributed by atoms with Crippen LogP contribution in [-0.4, -0.2) is 23.6 Å². The van der Waals surface area contributed by atoms with Gasteiger partial charge in [-0.1, -0.05) is 5.16 Å². The molecule has 2 aromatic heterocycles. The van der Waals surface area contributed by atoms with Gasteiger partial charge in [-0.25, -0.2) is 4.79 Å². The average Bonchev–Trinajstić information content (AvgIpc) is 3.06. The number of carbonyl (C=O) groups excluding carboxylic acids is 2. The Morgan fingerprint density at radius 3 is 2.95 bits per heavy atom. The Bertz CT molecular complexity index is 557. The molecule has 0 saturated heterocycles. The Morgan fingerprint density at radius 1 is 1.37 bits per heavy atom. The zero-order valence-electron chi connectivity index (χ0n) is 9.74. The largest absolute Gasteiger partial charge is 0.465 e. The van der Waals surface area contributed by atoms with E-state index in [1.54, 1.807) is 12.1 Å². The van der Waals surface area contributed by atoms with Crippen LogP contribution in [-0.2, 0) is 14.3 Å². The maximum atomic E-state index is 11.3. The van der Waals surface area contributed by atoms with Gasteiger partial charge in [0, 0.05) is 12.1 Å². The molecule has 0 aliphatic carbocycles. The monoisotopic (exact) mass is 262 g/mol. The quantitative estimate of drug-likeness (QED) is 0.647. The number of ether oxygens (including phenoxy) is 1. The highest BCUT2D eigenvalue weighted by atomic mass is 16.5. The molecule has 2 rings (SSSR count). The minimum absolute atomic E-state index is 0.257. The molecule has 19 heavy (non-hydrogen) atoms. The Hall–Kier alpha value is -2.83. The fourth-order valence-electron chi connectivity index (χ4n) is 1.18. The highest BCUT2D eigenvalue weighted by Gasteiger charge is 2.07. The van der Waals surface area contributed by atoms with E-state index in [1.807, 2.05) is 0 Å². The summed E-state index contributed by atoms with van der Waals surface area (Å²) < 4.78 is 14.2. The molecule has 0 aliphatic rings. The van der Waals surface area contributed by atoms with Crippen LogP contribution in [0.2, 0.25) is 0 Å². The fourth-order valence-corrected chi connectivity index (χ4v) is 1.18. The predicted molar refractivity (Wildman–Crippen MR) is 63.8 cm³/mol.